The lowest BCUT2D eigenvalue weighted by atomic mass is 9.90. The number of nitrogens with zero attached hydrogens (tertiary/aromatic N) is 1. The van der Waals surface area contributed by atoms with Crippen LogP contribution in [-0.2, 0) is 0 Å². The van der Waals surface area contributed by atoms with Crippen molar-refractivity contribution in [2.24, 2.45) is 0 Å². The lowest BCUT2D eigenvalue weighted by Gasteiger charge is -2.16. The maximum Gasteiger partial charge on any atom is 0.0541 e. The van der Waals surface area contributed by atoms with Gasteiger partial charge in [-0.1, -0.05) is 267 Å². The van der Waals surface area contributed by atoms with E-state index in [0.29, 0.717) is 0 Å². The third-order valence-corrected chi connectivity index (χ3v) is 15.6. The normalized spacial score (nSPS) is 11.3. The molecule has 1 heteroatoms. The van der Waals surface area contributed by atoms with Crippen LogP contribution >= 0.6 is 0 Å². The smallest absolute Gasteiger partial charge is 0.0541 e. The Bertz CT molecular complexity index is 4160. The molecule has 0 fully saturated rings. The summed E-state index contributed by atoms with van der Waals surface area (Å²) in [6.07, 6.45) is 0. The topological polar surface area (TPSA) is 4.93 Å². The van der Waals surface area contributed by atoms with Crippen molar-refractivity contribution < 1.29 is 0 Å². The Kier molecular flexibility index (Phi) is 12.3. The second-order valence-corrected chi connectivity index (χ2v) is 20.4. The number of hydrogen-bond donors (Lipinski definition) is 0. The molecule has 0 radical (unpaired) electrons. The fourth-order valence-corrected chi connectivity index (χ4v) is 11.6. The van der Waals surface area contributed by atoms with E-state index < -0.39 is 0 Å². The van der Waals surface area contributed by atoms with Gasteiger partial charge in [-0.15, -0.1) is 0 Å². The first-order valence-electron chi connectivity index (χ1n) is 27.2. The molecule has 0 bridgehead atoms. The first-order chi connectivity index (χ1) is 39.1. The second-order valence-electron chi connectivity index (χ2n) is 20.4. The molecule has 79 heavy (non-hydrogen) atoms. The van der Waals surface area contributed by atoms with Gasteiger partial charge in [0.2, 0.25) is 0 Å². The quantitative estimate of drug-likeness (QED) is 0.122. The number of rotatable bonds is 11. The van der Waals surface area contributed by atoms with Crippen LogP contribution in [0.3, 0.4) is 0 Å². The van der Waals surface area contributed by atoms with Crippen LogP contribution in [0, 0.1) is 0 Å². The Morgan fingerprint density at radius 1 is 0.152 bits per heavy atom. The Morgan fingerprint density at radius 2 is 0.418 bits per heavy atom. The average molecular weight is 1000 g/mol. The van der Waals surface area contributed by atoms with Crippen molar-refractivity contribution in [1.29, 1.82) is 0 Å². The molecule has 14 rings (SSSR count). The molecule has 14 aromatic rings. The molecular weight excluding hydrogens is 951 g/mol. The van der Waals surface area contributed by atoms with Gasteiger partial charge in [0.05, 0.1) is 11.0 Å². The van der Waals surface area contributed by atoms with Gasteiger partial charge in [-0.3, -0.25) is 0 Å². The van der Waals surface area contributed by atoms with E-state index in [1.807, 2.05) is 0 Å². The summed E-state index contributed by atoms with van der Waals surface area (Å²) in [6, 6.07) is 118. The van der Waals surface area contributed by atoms with Gasteiger partial charge in [0.25, 0.3) is 0 Å². The zero-order chi connectivity index (χ0) is 52.5. The highest BCUT2D eigenvalue weighted by Crippen LogP contribution is 2.44. The summed E-state index contributed by atoms with van der Waals surface area (Å²) in [5, 5.41) is 2.38. The van der Waals surface area contributed by atoms with Gasteiger partial charge in [0.15, 0.2) is 0 Å². The van der Waals surface area contributed by atoms with Gasteiger partial charge in [0, 0.05) is 16.5 Å². The van der Waals surface area contributed by atoms with Gasteiger partial charge in [-0.25, -0.2) is 0 Å². The molecule has 1 aromatic heterocycles. The lowest BCUT2D eigenvalue weighted by molar-refractivity contribution is 1.18. The standard InChI is InChI=1S/C78H53N/c1-7-19-54(20-8-1)58-31-35-60(36-32-58)68-47-69(61-37-33-59(34-38-61)55-21-9-2-10-22-55)49-70(48-68)79-77-45-41-66(71-43-39-64(56-23-11-3-12-24-56)50-73(71)62-27-15-5-16-28-62)52-75(77)76-53-67(42-46-78(76)79)72-44-40-65(57-25-13-4-14-26-57)51-74(72)63-29-17-6-18-30-63/h1-53H. The van der Waals surface area contributed by atoms with Crippen LogP contribution in [0.4, 0.5) is 0 Å². The van der Waals surface area contributed by atoms with E-state index in [4.69, 9.17) is 0 Å². The zero-order valence-electron chi connectivity index (χ0n) is 43.5. The summed E-state index contributed by atoms with van der Waals surface area (Å²) < 4.78 is 2.50. The van der Waals surface area contributed by atoms with Crippen LogP contribution < -0.4 is 0 Å². The van der Waals surface area contributed by atoms with E-state index in [1.165, 1.54) is 99.8 Å². The molecule has 1 nitrogen and oxygen atoms in total. The number of benzene rings is 13. The molecule has 0 amide bonds. The Labute approximate surface area is 462 Å². The maximum atomic E-state index is 2.50. The second kappa shape index (κ2) is 20.7. The van der Waals surface area contributed by atoms with Crippen LogP contribution in [0.2, 0.25) is 0 Å². The van der Waals surface area contributed by atoms with Crippen molar-refractivity contribution in [2.75, 3.05) is 0 Å². The molecule has 0 saturated carbocycles. The molecule has 0 unspecified atom stereocenters. The minimum absolute atomic E-state index is 1.10. The first-order valence-corrected chi connectivity index (χ1v) is 27.2. The van der Waals surface area contributed by atoms with Gasteiger partial charge in [-0.2, -0.15) is 0 Å². The lowest BCUT2D eigenvalue weighted by Crippen LogP contribution is -1.96. The summed E-state index contributed by atoms with van der Waals surface area (Å²) in [6.45, 7) is 0. The molecule has 1 heterocycles. The monoisotopic (exact) mass is 1000 g/mol. The van der Waals surface area contributed by atoms with Gasteiger partial charge < -0.3 is 4.57 Å². The Balaban J connectivity index is 0.995. The molecule has 0 aliphatic rings. The predicted molar refractivity (Wildman–Crippen MR) is 335 cm³/mol. The van der Waals surface area contributed by atoms with Crippen molar-refractivity contribution in [3.05, 3.63) is 322 Å². The number of fused-ring (bicyclic) bond motifs is 3. The molecule has 370 valence electrons. The number of hydrogen-bond acceptors (Lipinski definition) is 0. The summed E-state index contributed by atoms with van der Waals surface area (Å²) >= 11 is 0. The van der Waals surface area contributed by atoms with Gasteiger partial charge >= 0.3 is 0 Å². The fourth-order valence-electron chi connectivity index (χ4n) is 11.6. The largest absolute Gasteiger partial charge is 0.309 e. The van der Waals surface area contributed by atoms with E-state index >= 15 is 0 Å². The van der Waals surface area contributed by atoms with Crippen molar-refractivity contribution in [2.45, 2.75) is 0 Å². The molecule has 0 atom stereocenters. The van der Waals surface area contributed by atoms with Crippen LogP contribution in [0.15, 0.2) is 322 Å². The van der Waals surface area contributed by atoms with Crippen molar-refractivity contribution >= 4 is 21.8 Å². The van der Waals surface area contributed by atoms with Crippen LogP contribution in [-0.4, -0.2) is 4.57 Å². The Morgan fingerprint density at radius 3 is 0.759 bits per heavy atom. The van der Waals surface area contributed by atoms with Gasteiger partial charge in [0.1, 0.15) is 0 Å². The highest BCUT2D eigenvalue weighted by Gasteiger charge is 2.20. The van der Waals surface area contributed by atoms with Crippen molar-refractivity contribution in [3.63, 3.8) is 0 Å². The van der Waals surface area contributed by atoms with E-state index in [1.54, 1.807) is 0 Å². The average Bonchev–Trinajstić information content (AvgIpc) is 3.95. The zero-order valence-corrected chi connectivity index (χ0v) is 43.5. The van der Waals surface area contributed by atoms with E-state index in [2.05, 4.69) is 326 Å². The van der Waals surface area contributed by atoms with E-state index in [-0.39, 0.29) is 0 Å². The minimum Gasteiger partial charge on any atom is -0.309 e. The Hall–Kier alpha value is -10.3. The SMILES string of the molecule is c1ccc(-c2ccc(-c3cc(-c4ccc(-c5ccccc5)cc4)cc(-n4c5ccc(-c6ccc(-c7ccccc7)cc6-c6ccccc6)cc5c5cc(-c6ccc(-c7ccccc7)cc6-c6ccccc6)ccc54)c3)cc2)cc1. The highest BCUT2D eigenvalue weighted by molar-refractivity contribution is 6.12. The van der Waals surface area contributed by atoms with E-state index in [9.17, 15) is 0 Å². The molecule has 0 saturated heterocycles. The molecule has 0 aliphatic carbocycles. The first kappa shape index (κ1) is 47.1. The van der Waals surface area contributed by atoms with Crippen LogP contribution in [0.1, 0.15) is 0 Å². The highest BCUT2D eigenvalue weighted by atomic mass is 15.0. The summed E-state index contributed by atoms with van der Waals surface area (Å²) in [5.74, 6) is 0. The van der Waals surface area contributed by atoms with Crippen molar-refractivity contribution in [3.8, 4) is 117 Å². The van der Waals surface area contributed by atoms with Crippen LogP contribution in [0.25, 0.3) is 139 Å². The molecule has 0 N–H and O–H groups in total. The summed E-state index contributed by atoms with van der Waals surface area (Å²) in [5.41, 5.74) is 27.1. The fraction of sp³-hybridized carbons (Fsp3) is 0. The molecular formula is C78H53N. The predicted octanol–water partition coefficient (Wildman–Crippen LogP) is 21.5. The molecule has 0 spiro atoms. The molecule has 13 aromatic carbocycles. The summed E-state index contributed by atoms with van der Waals surface area (Å²) in [4.78, 5) is 0. The van der Waals surface area contributed by atoms with Crippen molar-refractivity contribution in [1.82, 2.24) is 4.57 Å². The minimum atomic E-state index is 1.10. The van der Waals surface area contributed by atoms with E-state index in [0.717, 1.165) is 39.0 Å². The maximum absolute atomic E-state index is 2.50. The molecule has 0 aliphatic heterocycles. The van der Waals surface area contributed by atoms with Crippen LogP contribution in [0.5, 0.6) is 0 Å². The van der Waals surface area contributed by atoms with Gasteiger partial charge in [-0.05, 0) is 166 Å². The third-order valence-electron chi connectivity index (χ3n) is 15.6. The number of aromatic nitrogens is 1. The summed E-state index contributed by atoms with van der Waals surface area (Å²) in [7, 11) is 0. The third kappa shape index (κ3) is 9.24.